The maximum Gasteiger partial charge on any atom is 0.408 e. The average Bonchev–Trinajstić information content (AvgIpc) is 2.48. The second-order valence-corrected chi connectivity index (χ2v) is 4.54. The Balaban J connectivity index is 1.82. The van der Waals surface area contributed by atoms with Gasteiger partial charge in [0.25, 0.3) is 5.91 Å². The fourth-order valence-electron chi connectivity index (χ4n) is 2.05. The zero-order valence-electron chi connectivity index (χ0n) is 11.0. The van der Waals surface area contributed by atoms with Gasteiger partial charge in [-0.05, 0) is 18.4 Å². The standard InChI is InChI=1S/C14H16N2O4/c17-10-16-8-4-7-12(13(16)18)15-14(19)20-9-11-5-2-1-3-6-11/h1-3,5-6,10,12H,4,7-9H2,(H,15,19). The van der Waals surface area contributed by atoms with Crippen molar-refractivity contribution in [1.82, 2.24) is 10.2 Å². The van der Waals surface area contributed by atoms with E-state index in [4.69, 9.17) is 4.74 Å². The number of likely N-dealkylation sites (tertiary alicyclic amines) is 1. The van der Waals surface area contributed by atoms with Crippen molar-refractivity contribution in [2.24, 2.45) is 0 Å². The predicted octanol–water partition coefficient (Wildman–Crippen LogP) is 1.06. The quantitative estimate of drug-likeness (QED) is 0.834. The molecule has 0 aromatic heterocycles. The minimum Gasteiger partial charge on any atom is -0.445 e. The summed E-state index contributed by atoms with van der Waals surface area (Å²) in [5, 5.41) is 2.49. The molecule has 1 unspecified atom stereocenters. The van der Waals surface area contributed by atoms with Crippen LogP contribution >= 0.6 is 0 Å². The lowest BCUT2D eigenvalue weighted by molar-refractivity contribution is -0.141. The number of carbonyl (C=O) groups is 3. The van der Waals surface area contributed by atoms with Gasteiger partial charge in [0.15, 0.2) is 0 Å². The van der Waals surface area contributed by atoms with Crippen LogP contribution in [0.15, 0.2) is 30.3 Å². The molecule has 3 amide bonds. The molecule has 106 valence electrons. The summed E-state index contributed by atoms with van der Waals surface area (Å²) in [6.07, 6.45) is 1.03. The minimum absolute atomic E-state index is 0.144. The Morgan fingerprint density at radius 1 is 1.40 bits per heavy atom. The van der Waals surface area contributed by atoms with Crippen molar-refractivity contribution in [3.05, 3.63) is 35.9 Å². The lowest BCUT2D eigenvalue weighted by Gasteiger charge is -2.28. The molecule has 1 saturated heterocycles. The second-order valence-electron chi connectivity index (χ2n) is 4.54. The number of hydrogen-bond acceptors (Lipinski definition) is 4. The van der Waals surface area contributed by atoms with Gasteiger partial charge in [0.05, 0.1) is 0 Å². The molecule has 1 fully saturated rings. The van der Waals surface area contributed by atoms with E-state index < -0.39 is 12.1 Å². The average molecular weight is 276 g/mol. The maximum atomic E-state index is 11.8. The molecule has 1 atom stereocenters. The molecule has 1 aromatic rings. The van der Waals surface area contributed by atoms with Gasteiger partial charge in [-0.1, -0.05) is 30.3 Å². The predicted molar refractivity (Wildman–Crippen MR) is 70.6 cm³/mol. The first-order chi connectivity index (χ1) is 9.70. The lowest BCUT2D eigenvalue weighted by Crippen LogP contribution is -2.51. The van der Waals surface area contributed by atoms with Gasteiger partial charge in [-0.15, -0.1) is 0 Å². The number of hydrogen-bond donors (Lipinski definition) is 1. The van der Waals surface area contributed by atoms with Crippen LogP contribution in [-0.2, 0) is 20.9 Å². The van der Waals surface area contributed by atoms with Crippen molar-refractivity contribution >= 4 is 18.4 Å². The van der Waals surface area contributed by atoms with Crippen LogP contribution in [0.4, 0.5) is 4.79 Å². The van der Waals surface area contributed by atoms with E-state index in [9.17, 15) is 14.4 Å². The van der Waals surface area contributed by atoms with E-state index >= 15 is 0 Å². The number of imide groups is 1. The number of amides is 3. The summed E-state index contributed by atoms with van der Waals surface area (Å²) in [5.74, 6) is -0.386. The van der Waals surface area contributed by atoms with Gasteiger partial charge in [-0.2, -0.15) is 0 Å². The largest absolute Gasteiger partial charge is 0.445 e. The van der Waals surface area contributed by atoms with E-state index in [1.54, 1.807) is 0 Å². The highest BCUT2D eigenvalue weighted by Gasteiger charge is 2.29. The molecule has 6 nitrogen and oxygen atoms in total. The van der Waals surface area contributed by atoms with E-state index in [2.05, 4.69) is 5.32 Å². The molecule has 1 aliphatic heterocycles. The Labute approximate surface area is 116 Å². The molecular formula is C14H16N2O4. The summed E-state index contributed by atoms with van der Waals surface area (Å²) in [7, 11) is 0. The summed E-state index contributed by atoms with van der Waals surface area (Å²) in [4.78, 5) is 35.2. The van der Waals surface area contributed by atoms with Crippen molar-refractivity contribution in [2.75, 3.05) is 6.54 Å². The Hall–Kier alpha value is -2.37. The smallest absolute Gasteiger partial charge is 0.408 e. The maximum absolute atomic E-state index is 11.8. The molecular weight excluding hydrogens is 260 g/mol. The molecule has 1 aliphatic rings. The number of nitrogens with one attached hydrogen (secondary N) is 1. The first-order valence-corrected chi connectivity index (χ1v) is 6.43. The molecule has 1 N–H and O–H groups in total. The highest BCUT2D eigenvalue weighted by Crippen LogP contribution is 2.10. The molecule has 1 heterocycles. The van der Waals surface area contributed by atoms with E-state index in [1.807, 2.05) is 30.3 Å². The van der Waals surface area contributed by atoms with Crippen molar-refractivity contribution in [3.63, 3.8) is 0 Å². The van der Waals surface area contributed by atoms with Crippen LogP contribution in [0.1, 0.15) is 18.4 Å². The van der Waals surface area contributed by atoms with Crippen LogP contribution in [0.25, 0.3) is 0 Å². The normalized spacial score (nSPS) is 18.5. The Morgan fingerprint density at radius 3 is 2.85 bits per heavy atom. The van der Waals surface area contributed by atoms with Gasteiger partial charge >= 0.3 is 6.09 Å². The minimum atomic E-state index is -0.683. The van der Waals surface area contributed by atoms with E-state index in [1.165, 1.54) is 0 Å². The van der Waals surface area contributed by atoms with E-state index in [0.29, 0.717) is 25.8 Å². The van der Waals surface area contributed by atoms with Crippen molar-refractivity contribution in [2.45, 2.75) is 25.5 Å². The number of benzene rings is 1. The van der Waals surface area contributed by atoms with Crippen LogP contribution < -0.4 is 5.32 Å². The molecule has 2 rings (SSSR count). The summed E-state index contributed by atoms with van der Waals surface area (Å²) in [5.41, 5.74) is 0.868. The monoisotopic (exact) mass is 276 g/mol. The van der Waals surface area contributed by atoms with Gasteiger partial charge in [0.1, 0.15) is 12.6 Å². The number of nitrogens with zero attached hydrogens (tertiary/aromatic N) is 1. The molecule has 0 saturated carbocycles. The SMILES string of the molecule is O=CN1CCCC(NC(=O)OCc2ccccc2)C1=O. The fraction of sp³-hybridized carbons (Fsp3) is 0.357. The van der Waals surface area contributed by atoms with E-state index in [0.717, 1.165) is 10.5 Å². The first-order valence-electron chi connectivity index (χ1n) is 6.43. The van der Waals surface area contributed by atoms with Gasteiger partial charge in [0.2, 0.25) is 6.41 Å². The zero-order valence-corrected chi connectivity index (χ0v) is 11.0. The third kappa shape index (κ3) is 3.57. The molecule has 0 spiro atoms. The summed E-state index contributed by atoms with van der Waals surface area (Å²) in [6.45, 7) is 0.546. The summed E-state index contributed by atoms with van der Waals surface area (Å²) >= 11 is 0. The molecule has 0 bridgehead atoms. The van der Waals surface area contributed by atoms with E-state index in [-0.39, 0.29) is 12.5 Å². The number of carbonyl (C=O) groups excluding carboxylic acids is 3. The Bertz CT molecular complexity index is 489. The lowest BCUT2D eigenvalue weighted by atomic mass is 10.1. The van der Waals surface area contributed by atoms with Crippen molar-refractivity contribution < 1.29 is 19.1 Å². The Morgan fingerprint density at radius 2 is 2.15 bits per heavy atom. The Kier molecular flexibility index (Phi) is 4.70. The summed E-state index contributed by atoms with van der Waals surface area (Å²) in [6, 6.07) is 8.57. The highest BCUT2D eigenvalue weighted by atomic mass is 16.5. The van der Waals surface area contributed by atoms with Gasteiger partial charge in [0, 0.05) is 6.54 Å². The van der Waals surface area contributed by atoms with Crippen molar-refractivity contribution in [3.8, 4) is 0 Å². The second kappa shape index (κ2) is 6.70. The number of rotatable bonds is 4. The fourth-order valence-corrected chi connectivity index (χ4v) is 2.05. The van der Waals surface area contributed by atoms with Crippen LogP contribution in [0, 0.1) is 0 Å². The van der Waals surface area contributed by atoms with Crippen LogP contribution in [0.5, 0.6) is 0 Å². The van der Waals surface area contributed by atoms with Gasteiger partial charge in [-0.25, -0.2) is 4.79 Å². The topological polar surface area (TPSA) is 75.7 Å². The molecule has 20 heavy (non-hydrogen) atoms. The highest BCUT2D eigenvalue weighted by molar-refractivity contribution is 5.92. The van der Waals surface area contributed by atoms with Crippen molar-refractivity contribution in [1.29, 1.82) is 0 Å². The molecule has 1 aromatic carbocycles. The third-order valence-electron chi connectivity index (χ3n) is 3.11. The van der Waals surface area contributed by atoms with Crippen LogP contribution in [0.3, 0.4) is 0 Å². The van der Waals surface area contributed by atoms with Gasteiger partial charge < -0.3 is 10.1 Å². The number of alkyl carbamates (subject to hydrolysis) is 1. The van der Waals surface area contributed by atoms with Crippen LogP contribution in [0.2, 0.25) is 0 Å². The number of piperidine rings is 1. The molecule has 0 radical (unpaired) electrons. The van der Waals surface area contributed by atoms with Gasteiger partial charge in [-0.3, -0.25) is 14.5 Å². The molecule has 0 aliphatic carbocycles. The molecule has 6 heteroatoms. The number of ether oxygens (including phenoxy) is 1. The first kappa shape index (κ1) is 14.0. The van der Waals surface area contributed by atoms with Crippen LogP contribution in [-0.4, -0.2) is 35.9 Å². The summed E-state index contributed by atoms with van der Waals surface area (Å²) < 4.78 is 5.04. The zero-order chi connectivity index (χ0) is 14.4. The third-order valence-corrected chi connectivity index (χ3v) is 3.11.